The summed E-state index contributed by atoms with van der Waals surface area (Å²) in [5.74, 6) is -1.01. The minimum absolute atomic E-state index is 0.0226. The highest BCUT2D eigenvalue weighted by atomic mass is 79.9. The summed E-state index contributed by atoms with van der Waals surface area (Å²) >= 11 is 3.13. The monoisotopic (exact) mass is 364 g/mol. The first kappa shape index (κ1) is 17.1. The first-order valence-electron chi connectivity index (χ1n) is 6.07. The maximum absolute atomic E-state index is 12.2. The topological polar surface area (TPSA) is 80.7 Å². The van der Waals surface area contributed by atoms with Crippen molar-refractivity contribution in [1.82, 2.24) is 0 Å². The van der Waals surface area contributed by atoms with Crippen molar-refractivity contribution < 1.29 is 23.1 Å². The molecule has 0 aliphatic rings. The van der Waals surface area contributed by atoms with Gasteiger partial charge >= 0.3 is 5.97 Å². The minimum Gasteiger partial charge on any atom is -0.478 e. The van der Waals surface area contributed by atoms with E-state index >= 15 is 0 Å². The van der Waals surface area contributed by atoms with Crippen LogP contribution >= 0.6 is 15.9 Å². The molecule has 0 bridgehead atoms. The summed E-state index contributed by atoms with van der Waals surface area (Å²) < 4.78 is 30.0. The third kappa shape index (κ3) is 4.88. The Balaban J connectivity index is 2.86. The SMILES string of the molecule is CC(C)COCCS(=O)(=O)c1cc(C(=O)O)ccc1Br. The van der Waals surface area contributed by atoms with Crippen LogP contribution in [0.5, 0.6) is 0 Å². The third-order valence-corrected chi connectivity index (χ3v) is 5.13. The average molecular weight is 365 g/mol. The van der Waals surface area contributed by atoms with Gasteiger partial charge < -0.3 is 9.84 Å². The molecule has 0 aliphatic carbocycles. The largest absolute Gasteiger partial charge is 0.478 e. The van der Waals surface area contributed by atoms with Crippen LogP contribution in [-0.2, 0) is 14.6 Å². The maximum Gasteiger partial charge on any atom is 0.335 e. The molecule has 112 valence electrons. The Morgan fingerprint density at radius 1 is 1.40 bits per heavy atom. The maximum atomic E-state index is 12.2. The fourth-order valence-corrected chi connectivity index (χ4v) is 3.69. The lowest BCUT2D eigenvalue weighted by molar-refractivity contribution is 0.0696. The molecule has 0 atom stereocenters. The fourth-order valence-electron chi connectivity index (χ4n) is 1.47. The molecule has 0 saturated heterocycles. The van der Waals surface area contributed by atoms with Crippen molar-refractivity contribution in [3.63, 3.8) is 0 Å². The van der Waals surface area contributed by atoms with Crippen LogP contribution in [0.2, 0.25) is 0 Å². The molecule has 0 fully saturated rings. The van der Waals surface area contributed by atoms with Crippen LogP contribution in [0.15, 0.2) is 27.6 Å². The van der Waals surface area contributed by atoms with E-state index in [1.807, 2.05) is 13.8 Å². The quantitative estimate of drug-likeness (QED) is 0.752. The van der Waals surface area contributed by atoms with E-state index in [9.17, 15) is 13.2 Å². The van der Waals surface area contributed by atoms with Crippen LogP contribution in [0.4, 0.5) is 0 Å². The van der Waals surface area contributed by atoms with Crippen LogP contribution in [0.25, 0.3) is 0 Å². The van der Waals surface area contributed by atoms with Crippen LogP contribution in [0.1, 0.15) is 24.2 Å². The number of hydrogen-bond donors (Lipinski definition) is 1. The first-order chi connectivity index (χ1) is 9.24. The third-order valence-electron chi connectivity index (χ3n) is 2.46. The number of carbonyl (C=O) groups is 1. The molecular formula is C13H17BrO5S. The summed E-state index contributed by atoms with van der Waals surface area (Å²) in [6, 6.07) is 3.93. The van der Waals surface area contributed by atoms with Crippen LogP contribution in [-0.4, -0.2) is 38.5 Å². The van der Waals surface area contributed by atoms with E-state index in [1.54, 1.807) is 0 Å². The van der Waals surface area contributed by atoms with E-state index in [0.29, 0.717) is 17.0 Å². The molecule has 1 aromatic rings. The summed E-state index contributed by atoms with van der Waals surface area (Å²) in [4.78, 5) is 10.9. The lowest BCUT2D eigenvalue weighted by Gasteiger charge is -2.09. The van der Waals surface area contributed by atoms with Crippen LogP contribution < -0.4 is 0 Å². The second-order valence-corrected chi connectivity index (χ2v) is 7.67. The predicted octanol–water partition coefficient (Wildman–Crippen LogP) is 2.59. The number of sulfone groups is 1. The van der Waals surface area contributed by atoms with Gasteiger partial charge in [-0.2, -0.15) is 0 Å². The van der Waals surface area contributed by atoms with Crippen molar-refractivity contribution in [2.24, 2.45) is 5.92 Å². The number of rotatable bonds is 7. The summed E-state index contributed by atoms with van der Waals surface area (Å²) in [6.07, 6.45) is 0. The highest BCUT2D eigenvalue weighted by molar-refractivity contribution is 9.10. The van der Waals surface area contributed by atoms with Crippen molar-refractivity contribution >= 4 is 31.7 Å². The average Bonchev–Trinajstić information content (AvgIpc) is 2.34. The molecule has 0 unspecified atom stereocenters. The molecular weight excluding hydrogens is 348 g/mol. The molecule has 0 aliphatic heterocycles. The van der Waals surface area contributed by atoms with Gasteiger partial charge in [-0.15, -0.1) is 0 Å². The van der Waals surface area contributed by atoms with Gasteiger partial charge in [-0.1, -0.05) is 13.8 Å². The molecule has 0 radical (unpaired) electrons. The van der Waals surface area contributed by atoms with Gasteiger partial charge in [0.15, 0.2) is 9.84 Å². The highest BCUT2D eigenvalue weighted by Gasteiger charge is 2.19. The first-order valence-corrected chi connectivity index (χ1v) is 8.52. The highest BCUT2D eigenvalue weighted by Crippen LogP contribution is 2.24. The van der Waals surface area contributed by atoms with Crippen LogP contribution in [0, 0.1) is 5.92 Å². The molecule has 1 rings (SSSR count). The number of benzene rings is 1. The Kier molecular flexibility index (Phi) is 6.16. The van der Waals surface area contributed by atoms with Crippen molar-refractivity contribution in [2.45, 2.75) is 18.7 Å². The fraction of sp³-hybridized carbons (Fsp3) is 0.462. The van der Waals surface area contributed by atoms with E-state index in [1.165, 1.54) is 12.1 Å². The number of aromatic carboxylic acids is 1. The van der Waals surface area contributed by atoms with Gasteiger partial charge in [0, 0.05) is 11.1 Å². The summed E-state index contributed by atoms with van der Waals surface area (Å²) in [5, 5.41) is 8.91. The molecule has 7 heteroatoms. The van der Waals surface area contributed by atoms with Crippen LogP contribution in [0.3, 0.4) is 0 Å². The molecule has 1 N–H and O–H groups in total. The van der Waals surface area contributed by atoms with Crippen molar-refractivity contribution in [3.05, 3.63) is 28.2 Å². The number of ether oxygens (including phenoxy) is 1. The molecule has 0 heterocycles. The molecule has 20 heavy (non-hydrogen) atoms. The number of hydrogen-bond acceptors (Lipinski definition) is 4. The second kappa shape index (κ2) is 7.19. The van der Waals surface area contributed by atoms with E-state index in [4.69, 9.17) is 9.84 Å². The van der Waals surface area contributed by atoms with E-state index in [-0.39, 0.29) is 22.8 Å². The van der Waals surface area contributed by atoms with Gasteiger partial charge in [0.05, 0.1) is 22.8 Å². The molecule has 0 spiro atoms. The van der Waals surface area contributed by atoms with E-state index in [2.05, 4.69) is 15.9 Å². The van der Waals surface area contributed by atoms with Crippen molar-refractivity contribution in [2.75, 3.05) is 19.0 Å². The Morgan fingerprint density at radius 3 is 2.60 bits per heavy atom. The van der Waals surface area contributed by atoms with Crippen molar-refractivity contribution in [1.29, 1.82) is 0 Å². The smallest absolute Gasteiger partial charge is 0.335 e. The Labute approximate surface area is 127 Å². The van der Waals surface area contributed by atoms with Gasteiger partial charge in [0.1, 0.15) is 0 Å². The zero-order valence-electron chi connectivity index (χ0n) is 11.3. The molecule has 5 nitrogen and oxygen atoms in total. The zero-order valence-corrected chi connectivity index (χ0v) is 13.7. The van der Waals surface area contributed by atoms with Gasteiger partial charge in [0.25, 0.3) is 0 Å². The summed E-state index contributed by atoms with van der Waals surface area (Å²) in [7, 11) is -3.58. The lowest BCUT2D eigenvalue weighted by atomic mass is 10.2. The Bertz CT molecular complexity index is 580. The molecule has 1 aromatic carbocycles. The van der Waals surface area contributed by atoms with Gasteiger partial charge in [-0.25, -0.2) is 13.2 Å². The van der Waals surface area contributed by atoms with Crippen molar-refractivity contribution in [3.8, 4) is 0 Å². The molecule has 0 amide bonds. The Morgan fingerprint density at radius 2 is 2.05 bits per heavy atom. The van der Waals surface area contributed by atoms with Gasteiger partial charge in [-0.05, 0) is 40.0 Å². The van der Waals surface area contributed by atoms with E-state index < -0.39 is 15.8 Å². The van der Waals surface area contributed by atoms with E-state index in [0.717, 1.165) is 6.07 Å². The minimum atomic E-state index is -3.58. The van der Waals surface area contributed by atoms with Gasteiger partial charge in [-0.3, -0.25) is 0 Å². The van der Waals surface area contributed by atoms with Gasteiger partial charge in [0.2, 0.25) is 0 Å². The second-order valence-electron chi connectivity index (χ2n) is 4.74. The number of carboxylic acid groups (broad SMARTS) is 1. The molecule has 0 aromatic heterocycles. The standard InChI is InChI=1S/C13H17BrO5S/c1-9(2)8-19-5-6-20(17,18)12-7-10(13(15)16)3-4-11(12)14/h3-4,7,9H,5-6,8H2,1-2H3,(H,15,16). The predicted molar refractivity (Wildman–Crippen MR) is 78.8 cm³/mol. The Hall–Kier alpha value is -0.920. The molecule has 0 saturated carbocycles. The lowest BCUT2D eigenvalue weighted by Crippen LogP contribution is -2.15. The normalized spacial score (nSPS) is 11.8. The summed E-state index contributed by atoms with van der Waals surface area (Å²) in [5.41, 5.74) is -0.0603. The number of carboxylic acids is 1. The number of halogens is 1. The zero-order chi connectivity index (χ0) is 15.3. The summed E-state index contributed by atoms with van der Waals surface area (Å²) in [6.45, 7) is 4.53.